The van der Waals surface area contributed by atoms with Crippen molar-refractivity contribution in [1.29, 1.82) is 0 Å². The summed E-state index contributed by atoms with van der Waals surface area (Å²) in [5.74, 6) is -1.32. The van der Waals surface area contributed by atoms with Crippen molar-refractivity contribution in [3.05, 3.63) is 70.8 Å². The first-order chi connectivity index (χ1) is 23.6. The fourth-order valence-corrected chi connectivity index (χ4v) is 8.57. The number of unbranched alkanes of at least 4 members (excludes halogenated alkanes) is 3. The lowest BCUT2D eigenvalue weighted by Crippen LogP contribution is -2.31. The minimum Gasteiger partial charge on any atom is -0.481 e. The fraction of sp³-hybridized carbons (Fsp3) is 0.441. The molecule has 0 aromatic heterocycles. The highest BCUT2D eigenvalue weighted by molar-refractivity contribution is 7.86. The predicted molar refractivity (Wildman–Crippen MR) is 194 cm³/mol. The maximum absolute atomic E-state index is 12.1. The lowest BCUT2D eigenvalue weighted by Gasteiger charge is -2.23. The minimum absolute atomic E-state index is 0.0163. The molecule has 0 fully saturated rings. The first-order valence-electron chi connectivity index (χ1n) is 16.2. The number of nitrogens with zero attached hydrogens (tertiary/aromatic N) is 2. The lowest BCUT2D eigenvalue weighted by atomic mass is 9.75. The number of aliphatic imine (C=N–C) groups is 1. The van der Waals surface area contributed by atoms with E-state index in [1.807, 2.05) is 37.5 Å². The number of carboxylic acid groups (broad SMARTS) is 1. The van der Waals surface area contributed by atoms with Crippen LogP contribution in [0.3, 0.4) is 0 Å². The van der Waals surface area contributed by atoms with Crippen molar-refractivity contribution in [2.45, 2.75) is 92.8 Å². The molecular formula is C34H42ClN2O11S3+. The Morgan fingerprint density at radius 2 is 1.53 bits per heavy atom. The number of rotatable bonds is 17. The second-order valence-corrected chi connectivity index (χ2v) is 18.2. The molecule has 4 N–H and O–H groups in total. The summed E-state index contributed by atoms with van der Waals surface area (Å²) in [5.41, 5.74) is 2.31. The zero-order valence-corrected chi connectivity index (χ0v) is 31.6. The van der Waals surface area contributed by atoms with Crippen LogP contribution in [0.15, 0.2) is 69.4 Å². The van der Waals surface area contributed by atoms with Gasteiger partial charge in [-0.05, 0) is 56.0 Å². The van der Waals surface area contributed by atoms with E-state index < -0.39 is 52.9 Å². The first kappa shape index (κ1) is 40.5. The molecule has 17 heteroatoms. The van der Waals surface area contributed by atoms with Crippen molar-refractivity contribution >= 4 is 70.7 Å². The van der Waals surface area contributed by atoms with Crippen LogP contribution in [0.2, 0.25) is 5.02 Å². The summed E-state index contributed by atoms with van der Waals surface area (Å²) in [5, 5.41) is 9.17. The number of aliphatic carboxylic acids is 1. The van der Waals surface area contributed by atoms with Crippen LogP contribution >= 0.6 is 11.6 Å². The number of carboxylic acids is 1. The normalized spacial score (nSPS) is 18.8. The Hall–Kier alpha value is -3.25. The number of benzene rings is 2. The van der Waals surface area contributed by atoms with E-state index in [0.29, 0.717) is 73.3 Å². The van der Waals surface area contributed by atoms with Crippen molar-refractivity contribution < 1.29 is 53.4 Å². The van der Waals surface area contributed by atoms with E-state index in [0.717, 1.165) is 11.8 Å². The number of fused-ring (bicyclic) bond motifs is 2. The molecule has 13 nitrogen and oxygen atoms in total. The fourth-order valence-electron chi connectivity index (χ4n) is 6.63. The Labute approximate surface area is 303 Å². The zero-order chi connectivity index (χ0) is 38.0. The van der Waals surface area contributed by atoms with Crippen molar-refractivity contribution in [2.24, 2.45) is 4.99 Å². The summed E-state index contributed by atoms with van der Waals surface area (Å²) in [6, 6.07) is 6.85. The molecular weight excluding hydrogens is 744 g/mol. The van der Waals surface area contributed by atoms with Crippen molar-refractivity contribution in [3.8, 4) is 0 Å². The van der Waals surface area contributed by atoms with Gasteiger partial charge < -0.3 is 5.11 Å². The molecule has 0 amide bonds. The summed E-state index contributed by atoms with van der Waals surface area (Å²) < 4.78 is 101. The van der Waals surface area contributed by atoms with Gasteiger partial charge in [-0.1, -0.05) is 56.5 Å². The van der Waals surface area contributed by atoms with E-state index in [9.17, 15) is 43.7 Å². The predicted octanol–water partition coefficient (Wildman–Crippen LogP) is 6.46. The van der Waals surface area contributed by atoms with Crippen molar-refractivity contribution in [1.82, 2.24) is 0 Å². The van der Waals surface area contributed by atoms with E-state index in [-0.39, 0.29) is 27.7 Å². The molecule has 51 heavy (non-hydrogen) atoms. The first-order valence-corrected chi connectivity index (χ1v) is 21.1. The highest BCUT2D eigenvalue weighted by atomic mass is 35.5. The maximum atomic E-state index is 12.1. The second kappa shape index (κ2) is 15.4. The molecule has 278 valence electrons. The quantitative estimate of drug-likeness (QED) is 0.0591. The number of hydrogen-bond acceptors (Lipinski definition) is 8. The van der Waals surface area contributed by atoms with Crippen LogP contribution < -0.4 is 0 Å². The largest absolute Gasteiger partial charge is 0.481 e. The van der Waals surface area contributed by atoms with E-state index in [1.165, 1.54) is 18.2 Å². The molecule has 2 aliphatic heterocycles. The van der Waals surface area contributed by atoms with Gasteiger partial charge in [0.1, 0.15) is 6.54 Å². The SMILES string of the molecule is CC1(C)C(C/C=C/C=C/C2=[N+](CCCCS(=O)(=O)O)c3ccc(S(=O)(=O)O)cc3C2(C)CCCCCC(=O)O)=Nc2c(Cl)cc(S(=O)(=O)O)cc21. The molecule has 1 unspecified atom stereocenters. The van der Waals surface area contributed by atoms with Gasteiger partial charge in [0, 0.05) is 48.1 Å². The molecule has 0 bridgehead atoms. The number of halogens is 1. The highest BCUT2D eigenvalue weighted by Crippen LogP contribution is 2.47. The zero-order valence-electron chi connectivity index (χ0n) is 28.4. The van der Waals surface area contributed by atoms with Crippen molar-refractivity contribution in [2.75, 3.05) is 12.3 Å². The van der Waals surface area contributed by atoms with Gasteiger partial charge in [0.15, 0.2) is 5.71 Å². The topological polar surface area (TPSA) is 216 Å². The Kier molecular flexibility index (Phi) is 12.2. The lowest BCUT2D eigenvalue weighted by molar-refractivity contribution is -0.438. The molecule has 2 aromatic carbocycles. The highest BCUT2D eigenvalue weighted by Gasteiger charge is 2.47. The van der Waals surface area contributed by atoms with Crippen LogP contribution in [0.25, 0.3) is 0 Å². The summed E-state index contributed by atoms with van der Waals surface area (Å²) in [6.07, 6.45) is 10.5. The molecule has 1 atom stereocenters. The second-order valence-electron chi connectivity index (χ2n) is 13.4. The van der Waals surface area contributed by atoms with Crippen LogP contribution in [0.4, 0.5) is 11.4 Å². The molecule has 0 aliphatic carbocycles. The minimum atomic E-state index is -4.54. The third-order valence-corrected chi connectivity index (χ3v) is 12.2. The van der Waals surface area contributed by atoms with Gasteiger partial charge in [0.2, 0.25) is 5.69 Å². The standard InChI is InChI=1S/C34H41ClN2O11S3/c1-33(2)26-21-24(51(46,47)48)22-27(35)32(26)36-29(33)12-6-4-7-13-30-34(3,17-9-5-8-14-31(38)39)25-20-23(50(43,44)45)15-16-28(25)37(30)18-10-11-19-49(40,41)42/h4,6-7,13,15-16,20-22H,5,8-12,14,17-19H2,1-3H3,(H3-,38,39,40,41,42,43,44,45,46,47,48)/p+1/b6-4+,13-7+. The number of hydrogen-bond donors (Lipinski definition) is 4. The van der Waals surface area contributed by atoms with Crippen LogP contribution in [0.5, 0.6) is 0 Å². The van der Waals surface area contributed by atoms with Gasteiger partial charge in [-0.25, -0.2) is 0 Å². The Bertz CT molecular complexity index is 2170. The van der Waals surface area contributed by atoms with Crippen LogP contribution in [0, 0.1) is 0 Å². The van der Waals surface area contributed by atoms with Crippen molar-refractivity contribution in [3.63, 3.8) is 0 Å². The summed E-state index contributed by atoms with van der Waals surface area (Å²) in [4.78, 5) is 15.1. The van der Waals surface area contributed by atoms with E-state index in [2.05, 4.69) is 4.99 Å². The maximum Gasteiger partial charge on any atom is 0.303 e. The smallest absolute Gasteiger partial charge is 0.303 e. The summed E-state index contributed by atoms with van der Waals surface area (Å²) in [7, 11) is -13.2. The Morgan fingerprint density at radius 1 is 0.863 bits per heavy atom. The molecule has 4 rings (SSSR count). The summed E-state index contributed by atoms with van der Waals surface area (Å²) in [6.45, 7) is 6.02. The van der Waals surface area contributed by atoms with Gasteiger partial charge in [0.05, 0.1) is 31.7 Å². The summed E-state index contributed by atoms with van der Waals surface area (Å²) >= 11 is 6.34. The average Bonchev–Trinajstić information content (AvgIpc) is 3.40. The monoisotopic (exact) mass is 785 g/mol. The molecule has 2 aromatic rings. The van der Waals surface area contributed by atoms with E-state index in [4.69, 9.17) is 16.7 Å². The van der Waals surface area contributed by atoms with E-state index in [1.54, 1.807) is 18.2 Å². The molecule has 0 radical (unpaired) electrons. The van der Waals surface area contributed by atoms with Crippen LogP contribution in [0.1, 0.15) is 83.3 Å². The van der Waals surface area contributed by atoms with Gasteiger partial charge in [0.25, 0.3) is 30.4 Å². The molecule has 0 saturated heterocycles. The van der Waals surface area contributed by atoms with Gasteiger partial charge in [-0.3, -0.25) is 23.4 Å². The van der Waals surface area contributed by atoms with Gasteiger partial charge in [-0.15, -0.1) is 0 Å². The average molecular weight is 786 g/mol. The third kappa shape index (κ3) is 9.60. The van der Waals surface area contributed by atoms with Crippen LogP contribution in [-0.4, -0.2) is 78.3 Å². The Morgan fingerprint density at radius 3 is 2.16 bits per heavy atom. The number of carbonyl (C=O) groups is 1. The molecule has 2 aliphatic rings. The molecule has 0 saturated carbocycles. The van der Waals surface area contributed by atoms with Crippen LogP contribution in [-0.2, 0) is 46.0 Å². The van der Waals surface area contributed by atoms with Gasteiger partial charge in [-0.2, -0.15) is 29.8 Å². The van der Waals surface area contributed by atoms with Gasteiger partial charge >= 0.3 is 5.97 Å². The Balaban J connectivity index is 1.67. The molecule has 0 spiro atoms. The third-order valence-electron chi connectivity index (χ3n) is 9.40. The van der Waals surface area contributed by atoms with E-state index >= 15 is 0 Å². The number of allylic oxidation sites excluding steroid dienone is 4. The molecule has 2 heterocycles.